The molecule has 110 valence electrons. The van der Waals surface area contributed by atoms with Crippen molar-refractivity contribution in [1.82, 2.24) is 5.32 Å². The number of rotatable bonds is 4. The van der Waals surface area contributed by atoms with E-state index < -0.39 is 0 Å². The molecule has 20 heavy (non-hydrogen) atoms. The summed E-state index contributed by atoms with van der Waals surface area (Å²) < 4.78 is 10.6. The highest BCUT2D eigenvalue weighted by Crippen LogP contribution is 2.38. The van der Waals surface area contributed by atoms with E-state index in [1.807, 2.05) is 19.9 Å². The number of amides is 1. The summed E-state index contributed by atoms with van der Waals surface area (Å²) in [6.45, 7) is 4.60. The van der Waals surface area contributed by atoms with Crippen LogP contribution in [0.15, 0.2) is 12.1 Å². The van der Waals surface area contributed by atoms with Crippen LogP contribution in [0, 0.1) is 6.92 Å². The van der Waals surface area contributed by atoms with Crippen molar-refractivity contribution in [1.29, 1.82) is 0 Å². The maximum absolute atomic E-state index is 11.7. The van der Waals surface area contributed by atoms with E-state index in [1.54, 1.807) is 0 Å². The second-order valence-electron chi connectivity index (χ2n) is 5.25. The predicted molar refractivity (Wildman–Crippen MR) is 76.7 cm³/mol. The number of carbonyl (C=O) groups excluding carboxylic acids is 1. The average Bonchev–Trinajstić information content (AvgIpc) is 2.38. The van der Waals surface area contributed by atoms with Crippen LogP contribution in [0.4, 0.5) is 0 Å². The summed E-state index contributed by atoms with van der Waals surface area (Å²) in [5, 5.41) is 2.98. The standard InChI is InChI=1S/C15H22N2O3/c1-9-6-11(10(2)16)15-12(7-9)13(4-5-20-15)17-14(18)8-19-3/h6-7,10,13H,4-5,8,16H2,1-3H3,(H,17,18). The molecule has 3 N–H and O–H groups in total. The second-order valence-corrected chi connectivity index (χ2v) is 5.25. The lowest BCUT2D eigenvalue weighted by molar-refractivity contribution is -0.125. The third-order valence-electron chi connectivity index (χ3n) is 3.42. The van der Waals surface area contributed by atoms with Crippen LogP contribution in [-0.4, -0.2) is 26.2 Å². The summed E-state index contributed by atoms with van der Waals surface area (Å²) in [7, 11) is 1.51. The number of ether oxygens (including phenoxy) is 2. The zero-order valence-corrected chi connectivity index (χ0v) is 12.2. The molecule has 5 heteroatoms. The molecule has 0 saturated heterocycles. The van der Waals surface area contributed by atoms with E-state index in [0.717, 1.165) is 28.9 Å². The molecule has 0 spiro atoms. The maximum Gasteiger partial charge on any atom is 0.246 e. The fourth-order valence-corrected chi connectivity index (χ4v) is 2.55. The first-order valence-electron chi connectivity index (χ1n) is 6.84. The van der Waals surface area contributed by atoms with Gasteiger partial charge in [0, 0.05) is 30.7 Å². The average molecular weight is 278 g/mol. The quantitative estimate of drug-likeness (QED) is 0.877. The first-order chi connectivity index (χ1) is 9.52. The van der Waals surface area contributed by atoms with Crippen molar-refractivity contribution in [2.24, 2.45) is 5.73 Å². The smallest absolute Gasteiger partial charge is 0.246 e. The fraction of sp³-hybridized carbons (Fsp3) is 0.533. The van der Waals surface area contributed by atoms with Crippen molar-refractivity contribution < 1.29 is 14.3 Å². The van der Waals surface area contributed by atoms with Gasteiger partial charge in [-0.2, -0.15) is 0 Å². The molecule has 1 aromatic carbocycles. The Morgan fingerprint density at radius 2 is 2.35 bits per heavy atom. The van der Waals surface area contributed by atoms with Crippen LogP contribution in [0.1, 0.15) is 42.1 Å². The van der Waals surface area contributed by atoms with Crippen LogP contribution in [0.5, 0.6) is 5.75 Å². The fourth-order valence-electron chi connectivity index (χ4n) is 2.55. The van der Waals surface area contributed by atoms with Crippen LogP contribution in [0.25, 0.3) is 0 Å². The number of hydrogen-bond acceptors (Lipinski definition) is 4. The van der Waals surface area contributed by atoms with Crippen molar-refractivity contribution in [3.8, 4) is 5.75 Å². The van der Waals surface area contributed by atoms with Crippen molar-refractivity contribution in [2.45, 2.75) is 32.4 Å². The molecule has 1 aromatic rings. The number of hydrogen-bond donors (Lipinski definition) is 2. The highest BCUT2D eigenvalue weighted by atomic mass is 16.5. The molecule has 5 nitrogen and oxygen atoms in total. The van der Waals surface area contributed by atoms with E-state index in [4.69, 9.17) is 15.2 Å². The Labute approximate surface area is 119 Å². The molecule has 1 heterocycles. The lowest BCUT2D eigenvalue weighted by Gasteiger charge is -2.29. The van der Waals surface area contributed by atoms with Gasteiger partial charge in [0.15, 0.2) is 0 Å². The monoisotopic (exact) mass is 278 g/mol. The summed E-state index contributed by atoms with van der Waals surface area (Å²) in [5.41, 5.74) is 9.13. The Kier molecular flexibility index (Phi) is 4.62. The largest absolute Gasteiger partial charge is 0.493 e. The minimum atomic E-state index is -0.116. The summed E-state index contributed by atoms with van der Waals surface area (Å²) in [6.07, 6.45) is 0.754. The topological polar surface area (TPSA) is 73.6 Å². The van der Waals surface area contributed by atoms with Crippen molar-refractivity contribution in [3.63, 3.8) is 0 Å². The molecule has 0 fully saturated rings. The molecule has 0 bridgehead atoms. The summed E-state index contributed by atoms with van der Waals surface area (Å²) in [6, 6.07) is 3.96. The molecule has 0 radical (unpaired) electrons. The third kappa shape index (κ3) is 3.11. The predicted octanol–water partition coefficient (Wildman–Crippen LogP) is 1.60. The molecule has 2 atom stereocenters. The SMILES string of the molecule is COCC(=O)NC1CCOc2c(C(C)N)cc(C)cc21. The van der Waals surface area contributed by atoms with Gasteiger partial charge >= 0.3 is 0 Å². The molecule has 2 rings (SSSR count). The van der Waals surface area contributed by atoms with Crippen LogP contribution in [-0.2, 0) is 9.53 Å². The highest BCUT2D eigenvalue weighted by molar-refractivity contribution is 5.78. The van der Waals surface area contributed by atoms with Gasteiger partial charge in [-0.05, 0) is 13.8 Å². The zero-order valence-electron chi connectivity index (χ0n) is 12.2. The number of aryl methyl sites for hydroxylation is 1. The zero-order chi connectivity index (χ0) is 14.7. The molecule has 1 aliphatic rings. The molecule has 0 aliphatic carbocycles. The van der Waals surface area contributed by atoms with Gasteiger partial charge in [-0.25, -0.2) is 0 Å². The lowest BCUT2D eigenvalue weighted by atomic mass is 9.93. The minimum absolute atomic E-state index is 0.0428. The van der Waals surface area contributed by atoms with Gasteiger partial charge in [-0.3, -0.25) is 4.79 Å². The molecule has 0 saturated carbocycles. The van der Waals surface area contributed by atoms with Crippen LogP contribution in [0.2, 0.25) is 0 Å². The summed E-state index contributed by atoms with van der Waals surface area (Å²) in [4.78, 5) is 11.7. The van der Waals surface area contributed by atoms with E-state index in [2.05, 4.69) is 11.4 Å². The maximum atomic E-state index is 11.7. The number of carbonyl (C=O) groups is 1. The van der Waals surface area contributed by atoms with Crippen molar-refractivity contribution in [2.75, 3.05) is 20.3 Å². The summed E-state index contributed by atoms with van der Waals surface area (Å²) >= 11 is 0. The summed E-state index contributed by atoms with van der Waals surface area (Å²) in [5.74, 6) is 0.703. The molecular formula is C15H22N2O3. The van der Waals surface area contributed by atoms with Crippen LogP contribution >= 0.6 is 0 Å². The minimum Gasteiger partial charge on any atom is -0.493 e. The number of nitrogens with one attached hydrogen (secondary N) is 1. The third-order valence-corrected chi connectivity index (χ3v) is 3.42. The van der Waals surface area contributed by atoms with Crippen LogP contribution < -0.4 is 15.8 Å². The van der Waals surface area contributed by atoms with Gasteiger partial charge in [0.1, 0.15) is 12.4 Å². The van der Waals surface area contributed by atoms with Gasteiger partial charge in [-0.1, -0.05) is 17.7 Å². The first kappa shape index (κ1) is 14.8. The second kappa shape index (κ2) is 6.24. The van der Waals surface area contributed by atoms with Gasteiger partial charge in [-0.15, -0.1) is 0 Å². The molecule has 0 aromatic heterocycles. The van der Waals surface area contributed by atoms with E-state index in [-0.39, 0.29) is 24.6 Å². The highest BCUT2D eigenvalue weighted by Gasteiger charge is 2.26. The van der Waals surface area contributed by atoms with Gasteiger partial charge in [0.25, 0.3) is 0 Å². The normalized spacial score (nSPS) is 18.9. The van der Waals surface area contributed by atoms with E-state index in [0.29, 0.717) is 6.61 Å². The number of nitrogens with two attached hydrogens (primary N) is 1. The Balaban J connectivity index is 2.32. The molecular weight excluding hydrogens is 256 g/mol. The van der Waals surface area contributed by atoms with E-state index >= 15 is 0 Å². The van der Waals surface area contributed by atoms with Crippen molar-refractivity contribution in [3.05, 3.63) is 28.8 Å². The van der Waals surface area contributed by atoms with E-state index in [9.17, 15) is 4.79 Å². The molecule has 2 unspecified atom stereocenters. The van der Waals surface area contributed by atoms with Gasteiger partial charge < -0.3 is 20.5 Å². The van der Waals surface area contributed by atoms with E-state index in [1.165, 1.54) is 7.11 Å². The molecule has 1 amide bonds. The van der Waals surface area contributed by atoms with Gasteiger partial charge in [0.2, 0.25) is 5.91 Å². The lowest BCUT2D eigenvalue weighted by Crippen LogP contribution is -2.34. The number of fused-ring (bicyclic) bond motifs is 1. The van der Waals surface area contributed by atoms with Crippen LogP contribution in [0.3, 0.4) is 0 Å². The Hall–Kier alpha value is -1.59. The number of benzene rings is 1. The number of methoxy groups -OCH3 is 1. The Morgan fingerprint density at radius 3 is 3.00 bits per heavy atom. The van der Waals surface area contributed by atoms with Crippen molar-refractivity contribution >= 4 is 5.91 Å². The Bertz CT molecular complexity index is 500. The first-order valence-corrected chi connectivity index (χ1v) is 6.84. The van der Waals surface area contributed by atoms with Gasteiger partial charge in [0.05, 0.1) is 12.6 Å². The Morgan fingerprint density at radius 1 is 1.60 bits per heavy atom. The molecule has 1 aliphatic heterocycles.